The van der Waals surface area contributed by atoms with Crippen molar-refractivity contribution in [2.75, 3.05) is 0 Å². The Hall–Kier alpha value is -1.95. The largest absolute Gasteiger partial charge is 0.482 e. The molecule has 114 valence electrons. The van der Waals surface area contributed by atoms with E-state index in [0.29, 0.717) is 18.3 Å². The Morgan fingerprint density at radius 3 is 2.71 bits per heavy atom. The molecule has 0 aliphatic carbocycles. The maximum atomic E-state index is 14.0. The quantitative estimate of drug-likeness (QED) is 0.918. The number of aromatic nitrogens is 2. The zero-order chi connectivity index (χ0) is 15.5. The molecule has 0 aliphatic heterocycles. The molecular formula is C15H20FN3O2. The van der Waals surface area contributed by atoms with Crippen LogP contribution in [0.25, 0.3) is 0 Å². The first-order valence-electron chi connectivity index (χ1n) is 6.79. The van der Waals surface area contributed by atoms with E-state index in [-0.39, 0.29) is 17.9 Å². The van der Waals surface area contributed by atoms with Crippen LogP contribution in [0.1, 0.15) is 38.0 Å². The van der Waals surface area contributed by atoms with Gasteiger partial charge in [-0.25, -0.2) is 4.39 Å². The van der Waals surface area contributed by atoms with Gasteiger partial charge in [0, 0.05) is 24.6 Å². The molecule has 0 spiro atoms. The minimum Gasteiger partial charge on any atom is -0.482 e. The first-order chi connectivity index (χ1) is 9.85. The van der Waals surface area contributed by atoms with Gasteiger partial charge < -0.3 is 14.6 Å². The molecule has 1 heterocycles. The van der Waals surface area contributed by atoms with Gasteiger partial charge in [0.1, 0.15) is 0 Å². The van der Waals surface area contributed by atoms with Crippen LogP contribution in [0.5, 0.6) is 5.75 Å². The molecule has 0 unspecified atom stereocenters. The standard InChI is InChI=1S/C15H20FN3O2/c1-10-18-13(19-21-10)9-20-14-11(6-5-7-12(14)16)8-17-15(2,3)4/h5-7,17H,8-9H2,1-4H3. The lowest BCUT2D eigenvalue weighted by Gasteiger charge is -2.21. The molecule has 0 aliphatic rings. The van der Waals surface area contributed by atoms with Crippen molar-refractivity contribution in [1.82, 2.24) is 15.5 Å². The van der Waals surface area contributed by atoms with Crippen molar-refractivity contribution < 1.29 is 13.7 Å². The number of halogens is 1. The summed E-state index contributed by atoms with van der Waals surface area (Å²) < 4.78 is 24.4. The zero-order valence-corrected chi connectivity index (χ0v) is 12.7. The molecule has 6 heteroatoms. The van der Waals surface area contributed by atoms with E-state index in [9.17, 15) is 4.39 Å². The van der Waals surface area contributed by atoms with E-state index in [1.165, 1.54) is 6.07 Å². The van der Waals surface area contributed by atoms with Gasteiger partial charge in [-0.3, -0.25) is 0 Å². The summed E-state index contributed by atoms with van der Waals surface area (Å²) in [4.78, 5) is 4.03. The average Bonchev–Trinajstić information content (AvgIpc) is 2.80. The van der Waals surface area contributed by atoms with Crippen molar-refractivity contribution in [3.63, 3.8) is 0 Å². The maximum Gasteiger partial charge on any atom is 0.223 e. The lowest BCUT2D eigenvalue weighted by molar-refractivity contribution is 0.268. The van der Waals surface area contributed by atoms with E-state index in [0.717, 1.165) is 5.56 Å². The summed E-state index contributed by atoms with van der Waals surface area (Å²) in [5, 5.41) is 7.04. The van der Waals surface area contributed by atoms with Crippen LogP contribution in [0.3, 0.4) is 0 Å². The molecule has 2 aromatic rings. The van der Waals surface area contributed by atoms with Gasteiger partial charge in [-0.2, -0.15) is 4.98 Å². The Balaban J connectivity index is 2.10. The van der Waals surface area contributed by atoms with Gasteiger partial charge in [-0.05, 0) is 26.8 Å². The second-order valence-electron chi connectivity index (χ2n) is 5.85. The first kappa shape index (κ1) is 15.4. The number of rotatable bonds is 5. The summed E-state index contributed by atoms with van der Waals surface area (Å²) in [5.41, 5.74) is 0.694. The second kappa shape index (κ2) is 6.22. The Morgan fingerprint density at radius 2 is 2.10 bits per heavy atom. The molecule has 1 aromatic heterocycles. The minimum atomic E-state index is -0.400. The number of nitrogens with one attached hydrogen (secondary N) is 1. The molecule has 0 bridgehead atoms. The number of para-hydroxylation sites is 1. The number of benzene rings is 1. The van der Waals surface area contributed by atoms with Crippen LogP contribution >= 0.6 is 0 Å². The number of ether oxygens (including phenoxy) is 1. The summed E-state index contributed by atoms with van der Waals surface area (Å²) >= 11 is 0. The van der Waals surface area contributed by atoms with Gasteiger partial charge in [0.15, 0.2) is 18.2 Å². The molecule has 0 saturated carbocycles. The van der Waals surface area contributed by atoms with Crippen LogP contribution in [-0.2, 0) is 13.2 Å². The van der Waals surface area contributed by atoms with E-state index in [1.807, 2.05) is 6.07 Å². The lowest BCUT2D eigenvalue weighted by atomic mass is 10.1. The predicted molar refractivity (Wildman–Crippen MR) is 76.4 cm³/mol. The van der Waals surface area contributed by atoms with Crippen LogP contribution in [0, 0.1) is 12.7 Å². The number of nitrogens with zero attached hydrogens (tertiary/aromatic N) is 2. The molecular weight excluding hydrogens is 273 g/mol. The highest BCUT2D eigenvalue weighted by Gasteiger charge is 2.15. The normalized spacial score (nSPS) is 11.7. The maximum absolute atomic E-state index is 14.0. The van der Waals surface area contributed by atoms with Gasteiger partial charge in [-0.15, -0.1) is 0 Å². The smallest absolute Gasteiger partial charge is 0.223 e. The van der Waals surface area contributed by atoms with Crippen molar-refractivity contribution in [3.8, 4) is 5.75 Å². The number of aryl methyl sites for hydroxylation is 1. The predicted octanol–water partition coefficient (Wildman–Crippen LogP) is 2.98. The summed E-state index contributed by atoms with van der Waals surface area (Å²) in [5.74, 6) is 0.669. The summed E-state index contributed by atoms with van der Waals surface area (Å²) in [7, 11) is 0. The van der Waals surface area contributed by atoms with Crippen molar-refractivity contribution in [2.45, 2.75) is 46.4 Å². The molecule has 0 radical (unpaired) electrons. The Kier molecular flexibility index (Phi) is 4.57. The van der Waals surface area contributed by atoms with Gasteiger partial charge in [-0.1, -0.05) is 17.3 Å². The van der Waals surface area contributed by atoms with Gasteiger partial charge in [0.25, 0.3) is 0 Å². The summed E-state index contributed by atoms with van der Waals surface area (Å²) in [6, 6.07) is 4.87. The Labute approximate surface area is 123 Å². The minimum absolute atomic E-state index is 0.0611. The highest BCUT2D eigenvalue weighted by Crippen LogP contribution is 2.24. The molecule has 0 amide bonds. The van der Waals surface area contributed by atoms with E-state index in [1.54, 1.807) is 13.0 Å². The highest BCUT2D eigenvalue weighted by atomic mass is 19.1. The van der Waals surface area contributed by atoms with Crippen LogP contribution in [0.4, 0.5) is 4.39 Å². The van der Waals surface area contributed by atoms with Crippen LogP contribution in [0.2, 0.25) is 0 Å². The topological polar surface area (TPSA) is 60.2 Å². The molecule has 21 heavy (non-hydrogen) atoms. The highest BCUT2D eigenvalue weighted by molar-refractivity contribution is 5.35. The summed E-state index contributed by atoms with van der Waals surface area (Å²) in [6.45, 7) is 8.43. The second-order valence-corrected chi connectivity index (χ2v) is 5.85. The zero-order valence-electron chi connectivity index (χ0n) is 12.7. The number of hydrogen-bond acceptors (Lipinski definition) is 5. The fraction of sp³-hybridized carbons (Fsp3) is 0.467. The monoisotopic (exact) mass is 293 g/mol. The fourth-order valence-electron chi connectivity index (χ4n) is 1.75. The van der Waals surface area contributed by atoms with Crippen LogP contribution < -0.4 is 10.1 Å². The molecule has 1 aromatic carbocycles. The molecule has 5 nitrogen and oxygen atoms in total. The lowest BCUT2D eigenvalue weighted by Crippen LogP contribution is -2.35. The average molecular weight is 293 g/mol. The van der Waals surface area contributed by atoms with Crippen LogP contribution in [-0.4, -0.2) is 15.7 Å². The van der Waals surface area contributed by atoms with Crippen molar-refractivity contribution in [3.05, 3.63) is 41.3 Å². The number of hydrogen-bond donors (Lipinski definition) is 1. The SMILES string of the molecule is Cc1nc(COc2c(F)cccc2CNC(C)(C)C)no1. The third kappa shape index (κ3) is 4.53. The molecule has 0 atom stereocenters. The molecule has 0 fully saturated rings. The molecule has 1 N–H and O–H groups in total. The molecule has 2 rings (SSSR count). The van der Waals surface area contributed by atoms with E-state index >= 15 is 0 Å². The van der Waals surface area contributed by atoms with E-state index < -0.39 is 5.82 Å². The fourth-order valence-corrected chi connectivity index (χ4v) is 1.75. The van der Waals surface area contributed by atoms with Gasteiger partial charge in [0.05, 0.1) is 0 Å². The van der Waals surface area contributed by atoms with Crippen LogP contribution in [0.15, 0.2) is 22.7 Å². The van der Waals surface area contributed by atoms with Crippen molar-refractivity contribution in [2.24, 2.45) is 0 Å². The van der Waals surface area contributed by atoms with Gasteiger partial charge >= 0.3 is 0 Å². The van der Waals surface area contributed by atoms with Crippen molar-refractivity contribution in [1.29, 1.82) is 0 Å². The third-order valence-electron chi connectivity index (χ3n) is 2.77. The Bertz CT molecular complexity index is 605. The molecule has 0 saturated heterocycles. The van der Waals surface area contributed by atoms with E-state index in [4.69, 9.17) is 9.26 Å². The summed E-state index contributed by atoms with van der Waals surface area (Å²) in [6.07, 6.45) is 0. The van der Waals surface area contributed by atoms with Gasteiger partial charge in [0.2, 0.25) is 11.7 Å². The first-order valence-corrected chi connectivity index (χ1v) is 6.79. The third-order valence-corrected chi connectivity index (χ3v) is 2.77. The van der Waals surface area contributed by atoms with Crippen molar-refractivity contribution >= 4 is 0 Å². The Morgan fingerprint density at radius 1 is 1.33 bits per heavy atom. The van der Waals surface area contributed by atoms with E-state index in [2.05, 4.69) is 36.2 Å².